The molecule has 2 heterocycles. The van der Waals surface area contributed by atoms with Crippen molar-refractivity contribution >= 4 is 29.2 Å². The number of ether oxygens (including phenoxy) is 1. The molecule has 10 heteroatoms. The maximum Gasteiger partial charge on any atom is 0.335 e. The fourth-order valence-electron chi connectivity index (χ4n) is 4.73. The van der Waals surface area contributed by atoms with Crippen molar-refractivity contribution < 1.29 is 23.8 Å². The minimum Gasteiger partial charge on any atom is -0.488 e. The summed E-state index contributed by atoms with van der Waals surface area (Å²) in [7, 11) is 1.77. The zero-order valence-corrected chi connectivity index (χ0v) is 22.1. The van der Waals surface area contributed by atoms with Crippen molar-refractivity contribution in [3.63, 3.8) is 0 Å². The lowest BCUT2D eigenvalue weighted by molar-refractivity contribution is 0.0695. The number of hydrogen-bond acceptors (Lipinski definition) is 5. The summed E-state index contributed by atoms with van der Waals surface area (Å²) in [6.07, 6.45) is 0. The largest absolute Gasteiger partial charge is 0.488 e. The molecule has 1 aromatic heterocycles. The number of anilines is 1. The number of carbonyl (C=O) groups excluding carboxylic acids is 1. The maximum absolute atomic E-state index is 14.3. The van der Waals surface area contributed by atoms with Gasteiger partial charge < -0.3 is 20.1 Å². The number of halogens is 2. The van der Waals surface area contributed by atoms with Crippen molar-refractivity contribution in [3.05, 3.63) is 99.5 Å². The van der Waals surface area contributed by atoms with E-state index < -0.39 is 11.8 Å². The van der Waals surface area contributed by atoms with Gasteiger partial charge in [0.2, 0.25) is 0 Å². The molecule has 4 aromatic rings. The predicted molar refractivity (Wildman–Crippen MR) is 146 cm³/mol. The van der Waals surface area contributed by atoms with Gasteiger partial charge in [-0.15, -0.1) is 0 Å². The number of aryl methyl sites for hydroxylation is 2. The number of fused-ring (bicyclic) bond motifs is 3. The number of aromatic nitrogens is 2. The van der Waals surface area contributed by atoms with Crippen LogP contribution < -0.4 is 10.1 Å². The van der Waals surface area contributed by atoms with Crippen LogP contribution in [0.15, 0.2) is 60.7 Å². The molecule has 0 spiro atoms. The normalized spacial score (nSPS) is 11.8. The Balaban J connectivity index is 1.44. The van der Waals surface area contributed by atoms with Crippen LogP contribution in [0.5, 0.6) is 5.75 Å². The lowest BCUT2D eigenvalue weighted by Gasteiger charge is -2.24. The average Bonchev–Trinajstić information content (AvgIpc) is 3.25. The summed E-state index contributed by atoms with van der Waals surface area (Å²) in [6.45, 7) is 2.85. The number of carbonyl (C=O) groups is 2. The van der Waals surface area contributed by atoms with Crippen molar-refractivity contribution in [3.8, 4) is 17.0 Å². The topological polar surface area (TPSA) is 96.7 Å². The van der Waals surface area contributed by atoms with Crippen LogP contribution in [-0.2, 0) is 20.2 Å². The van der Waals surface area contributed by atoms with Crippen LogP contribution >= 0.6 is 11.6 Å². The van der Waals surface area contributed by atoms with Crippen LogP contribution in [0.3, 0.4) is 0 Å². The highest BCUT2D eigenvalue weighted by atomic mass is 35.5. The number of carboxylic acid groups (broad SMARTS) is 1. The molecule has 1 aliphatic heterocycles. The summed E-state index contributed by atoms with van der Waals surface area (Å²) in [4.78, 5) is 26.9. The molecule has 0 atom stereocenters. The SMILES string of the molecule is Cc1cccc(CN(CCNc2cc(C(=O)O)ccc2F)C(=O)c2nn(C)c3c2COc2ccc(Cl)cc2-3)c1. The van der Waals surface area contributed by atoms with Crippen molar-refractivity contribution in [1.29, 1.82) is 0 Å². The lowest BCUT2D eigenvalue weighted by Crippen LogP contribution is -2.35. The van der Waals surface area contributed by atoms with E-state index in [0.717, 1.165) is 28.5 Å². The molecular formula is C29H26ClFN4O4. The Morgan fingerprint density at radius 3 is 2.77 bits per heavy atom. The Morgan fingerprint density at radius 2 is 2.00 bits per heavy atom. The second kappa shape index (κ2) is 10.8. The van der Waals surface area contributed by atoms with E-state index >= 15 is 0 Å². The number of nitrogens with one attached hydrogen (secondary N) is 1. The third-order valence-corrected chi connectivity index (χ3v) is 6.81. The molecule has 0 unspecified atom stereocenters. The number of hydrogen-bond donors (Lipinski definition) is 2. The van der Waals surface area contributed by atoms with Gasteiger partial charge >= 0.3 is 5.97 Å². The Hall–Kier alpha value is -4.37. The molecule has 1 amide bonds. The number of benzene rings is 3. The first-order valence-electron chi connectivity index (χ1n) is 12.3. The fraction of sp³-hybridized carbons (Fsp3) is 0.207. The third-order valence-electron chi connectivity index (χ3n) is 6.57. The summed E-state index contributed by atoms with van der Waals surface area (Å²) in [6, 6.07) is 16.7. The summed E-state index contributed by atoms with van der Waals surface area (Å²) in [5.41, 5.74) is 4.47. The molecule has 2 N–H and O–H groups in total. The first kappa shape index (κ1) is 26.2. The molecule has 0 aliphatic carbocycles. The first-order valence-corrected chi connectivity index (χ1v) is 12.7. The van der Waals surface area contributed by atoms with Crippen molar-refractivity contribution in [1.82, 2.24) is 14.7 Å². The summed E-state index contributed by atoms with van der Waals surface area (Å²) in [5.74, 6) is -1.37. The zero-order chi connectivity index (χ0) is 27.7. The summed E-state index contributed by atoms with van der Waals surface area (Å²) >= 11 is 6.24. The van der Waals surface area contributed by atoms with Gasteiger partial charge in [-0.25, -0.2) is 9.18 Å². The lowest BCUT2D eigenvalue weighted by atomic mass is 10.0. The molecule has 200 valence electrons. The van der Waals surface area contributed by atoms with E-state index in [1.165, 1.54) is 12.1 Å². The van der Waals surface area contributed by atoms with E-state index in [9.17, 15) is 19.1 Å². The molecule has 5 rings (SSSR count). The Morgan fingerprint density at radius 1 is 1.18 bits per heavy atom. The highest BCUT2D eigenvalue weighted by molar-refractivity contribution is 6.31. The number of rotatable bonds is 8. The molecule has 3 aromatic carbocycles. The van der Waals surface area contributed by atoms with Gasteiger partial charge in [0.05, 0.1) is 16.9 Å². The maximum atomic E-state index is 14.3. The van der Waals surface area contributed by atoms with E-state index in [4.69, 9.17) is 16.3 Å². The predicted octanol–water partition coefficient (Wildman–Crippen LogP) is 5.53. The Labute approximate surface area is 229 Å². The minimum absolute atomic E-state index is 0.0351. The summed E-state index contributed by atoms with van der Waals surface area (Å²) < 4.78 is 21.9. The van der Waals surface area contributed by atoms with Gasteiger partial charge in [0.25, 0.3) is 5.91 Å². The van der Waals surface area contributed by atoms with Gasteiger partial charge in [-0.2, -0.15) is 5.10 Å². The Kier molecular flexibility index (Phi) is 7.26. The van der Waals surface area contributed by atoms with Crippen LogP contribution in [0, 0.1) is 12.7 Å². The smallest absolute Gasteiger partial charge is 0.335 e. The number of aromatic carboxylic acids is 1. The molecule has 0 saturated heterocycles. The molecule has 0 bridgehead atoms. The second-order valence-electron chi connectivity index (χ2n) is 9.37. The highest BCUT2D eigenvalue weighted by Crippen LogP contribution is 2.40. The van der Waals surface area contributed by atoms with Crippen LogP contribution in [-0.4, -0.2) is 44.8 Å². The van der Waals surface area contributed by atoms with Crippen molar-refractivity contribution in [2.45, 2.75) is 20.1 Å². The van der Waals surface area contributed by atoms with Gasteiger partial charge in [-0.05, 0) is 48.9 Å². The van der Waals surface area contributed by atoms with Crippen LogP contribution in [0.4, 0.5) is 10.1 Å². The van der Waals surface area contributed by atoms with Crippen LogP contribution in [0.1, 0.15) is 37.5 Å². The van der Waals surface area contributed by atoms with Crippen molar-refractivity contribution in [2.24, 2.45) is 7.05 Å². The standard InChI is InChI=1S/C29H26ClFN4O4/c1-17-4-3-5-18(12-17)15-35(11-10-32-24-13-19(29(37)38)6-8-23(24)31)28(36)26-22-16-39-25-9-7-20(30)14-21(25)27(22)34(2)33-26/h3-9,12-14,32H,10-11,15-16H2,1-2H3,(H,37,38). The van der Waals surface area contributed by atoms with Gasteiger partial charge in [0.15, 0.2) is 5.69 Å². The van der Waals surface area contributed by atoms with Crippen molar-refractivity contribution in [2.75, 3.05) is 18.4 Å². The van der Waals surface area contributed by atoms with E-state index in [1.807, 2.05) is 31.2 Å². The molecule has 8 nitrogen and oxygen atoms in total. The highest BCUT2D eigenvalue weighted by Gasteiger charge is 2.31. The molecule has 39 heavy (non-hydrogen) atoms. The Bertz CT molecular complexity index is 1590. The molecule has 1 aliphatic rings. The van der Waals surface area contributed by atoms with E-state index in [2.05, 4.69) is 10.4 Å². The molecule has 0 saturated carbocycles. The quantitative estimate of drug-likeness (QED) is 0.300. The molecule has 0 fully saturated rings. The fourth-order valence-corrected chi connectivity index (χ4v) is 4.90. The third kappa shape index (κ3) is 5.44. The van der Waals surface area contributed by atoms with E-state index in [0.29, 0.717) is 22.9 Å². The molecular weight excluding hydrogens is 523 g/mol. The monoisotopic (exact) mass is 548 g/mol. The van der Waals surface area contributed by atoms with Crippen LogP contribution in [0.25, 0.3) is 11.3 Å². The number of amides is 1. The first-order chi connectivity index (χ1) is 18.7. The number of nitrogens with zero attached hydrogens (tertiary/aromatic N) is 3. The van der Waals surface area contributed by atoms with Gasteiger partial charge in [-0.3, -0.25) is 9.48 Å². The summed E-state index contributed by atoms with van der Waals surface area (Å²) in [5, 5.41) is 17.3. The second-order valence-corrected chi connectivity index (χ2v) is 9.81. The average molecular weight is 549 g/mol. The number of carboxylic acids is 1. The van der Waals surface area contributed by atoms with E-state index in [-0.39, 0.29) is 42.5 Å². The van der Waals surface area contributed by atoms with Gasteiger partial charge in [0, 0.05) is 42.8 Å². The minimum atomic E-state index is -1.15. The van der Waals surface area contributed by atoms with Crippen LogP contribution in [0.2, 0.25) is 5.02 Å². The van der Waals surface area contributed by atoms with Gasteiger partial charge in [0.1, 0.15) is 18.2 Å². The zero-order valence-electron chi connectivity index (χ0n) is 21.4. The van der Waals surface area contributed by atoms with Gasteiger partial charge in [-0.1, -0.05) is 41.4 Å². The molecule has 0 radical (unpaired) electrons. The van der Waals surface area contributed by atoms with E-state index in [1.54, 1.807) is 34.8 Å².